The first kappa shape index (κ1) is 15.0. The van der Waals surface area contributed by atoms with Crippen LogP contribution in [-0.2, 0) is 6.54 Å². The second-order valence-corrected chi connectivity index (χ2v) is 6.77. The molecule has 1 aliphatic heterocycles. The molecule has 0 aromatic heterocycles. The van der Waals surface area contributed by atoms with Gasteiger partial charge in [0.05, 0.1) is 6.10 Å². The van der Waals surface area contributed by atoms with Crippen molar-refractivity contribution in [1.82, 2.24) is 4.90 Å². The number of aryl methyl sites for hydroxylation is 1. The number of piperidine rings is 1. The molecule has 116 valence electrons. The summed E-state index contributed by atoms with van der Waals surface area (Å²) in [4.78, 5) is 2.53. The maximum absolute atomic E-state index is 13.3. The Morgan fingerprint density at radius 1 is 1.19 bits per heavy atom. The van der Waals surface area contributed by atoms with Gasteiger partial charge >= 0.3 is 0 Å². The van der Waals surface area contributed by atoms with E-state index in [2.05, 4.69) is 4.90 Å². The Labute approximate surface area is 127 Å². The normalized spacial score (nSPS) is 30.7. The molecule has 1 aromatic carbocycles. The molecule has 1 saturated carbocycles. The first-order valence-electron chi connectivity index (χ1n) is 8.32. The molecule has 1 aromatic rings. The Morgan fingerprint density at radius 3 is 2.76 bits per heavy atom. The molecule has 0 spiro atoms. The molecule has 1 saturated heterocycles. The summed E-state index contributed by atoms with van der Waals surface area (Å²) in [6.45, 7) is 3.98. The predicted molar refractivity (Wildman–Crippen MR) is 82.5 cm³/mol. The lowest BCUT2D eigenvalue weighted by Gasteiger charge is -2.40. The van der Waals surface area contributed by atoms with Crippen LogP contribution in [0.1, 0.15) is 49.7 Å². The molecular formula is C18H26FNO. The minimum atomic E-state index is -0.155. The minimum Gasteiger partial charge on any atom is -0.393 e. The van der Waals surface area contributed by atoms with Crippen LogP contribution in [0.4, 0.5) is 4.39 Å². The van der Waals surface area contributed by atoms with E-state index in [0.29, 0.717) is 12.0 Å². The first-order chi connectivity index (χ1) is 10.1. The van der Waals surface area contributed by atoms with Gasteiger partial charge in [-0.1, -0.05) is 18.9 Å². The predicted octanol–water partition coefficient (Wildman–Crippen LogP) is 3.65. The highest BCUT2D eigenvalue weighted by atomic mass is 19.1. The third-order valence-electron chi connectivity index (χ3n) is 5.37. The largest absolute Gasteiger partial charge is 0.393 e. The summed E-state index contributed by atoms with van der Waals surface area (Å²) in [5.74, 6) is 0.281. The van der Waals surface area contributed by atoms with Crippen LogP contribution in [0.5, 0.6) is 0 Å². The molecule has 3 atom stereocenters. The van der Waals surface area contributed by atoms with Crippen molar-refractivity contribution in [2.75, 3.05) is 6.54 Å². The van der Waals surface area contributed by atoms with Gasteiger partial charge in [0.1, 0.15) is 5.82 Å². The maximum atomic E-state index is 13.3. The van der Waals surface area contributed by atoms with E-state index in [9.17, 15) is 9.50 Å². The molecule has 2 aliphatic rings. The molecule has 2 nitrogen and oxygen atoms in total. The van der Waals surface area contributed by atoms with Gasteiger partial charge < -0.3 is 5.11 Å². The molecule has 3 heteroatoms. The van der Waals surface area contributed by atoms with E-state index in [1.807, 2.05) is 13.0 Å². The molecule has 3 unspecified atom stereocenters. The highest BCUT2D eigenvalue weighted by Gasteiger charge is 2.36. The summed E-state index contributed by atoms with van der Waals surface area (Å²) in [7, 11) is 0. The Bertz CT molecular complexity index is 490. The Morgan fingerprint density at radius 2 is 2.05 bits per heavy atom. The van der Waals surface area contributed by atoms with Crippen LogP contribution in [0, 0.1) is 18.7 Å². The molecule has 0 amide bonds. The lowest BCUT2D eigenvalue weighted by Crippen LogP contribution is -2.45. The summed E-state index contributed by atoms with van der Waals surface area (Å²) >= 11 is 0. The molecule has 0 radical (unpaired) electrons. The number of benzene rings is 1. The number of nitrogens with zero attached hydrogens (tertiary/aromatic N) is 1. The zero-order valence-electron chi connectivity index (χ0n) is 12.9. The fourth-order valence-electron chi connectivity index (χ4n) is 4.17. The average molecular weight is 291 g/mol. The van der Waals surface area contributed by atoms with Crippen molar-refractivity contribution in [3.8, 4) is 0 Å². The lowest BCUT2D eigenvalue weighted by atomic mass is 9.87. The summed E-state index contributed by atoms with van der Waals surface area (Å²) < 4.78 is 13.3. The number of hydrogen-bond donors (Lipinski definition) is 1. The number of hydrogen-bond acceptors (Lipinski definition) is 2. The van der Waals surface area contributed by atoms with Crippen molar-refractivity contribution in [2.45, 2.75) is 64.1 Å². The van der Waals surface area contributed by atoms with E-state index in [0.717, 1.165) is 37.9 Å². The van der Waals surface area contributed by atoms with Gasteiger partial charge in [-0.05, 0) is 62.4 Å². The fraction of sp³-hybridized carbons (Fsp3) is 0.667. The lowest BCUT2D eigenvalue weighted by molar-refractivity contribution is 0.0312. The second-order valence-electron chi connectivity index (χ2n) is 6.77. The van der Waals surface area contributed by atoms with Crippen LogP contribution in [-0.4, -0.2) is 28.7 Å². The van der Waals surface area contributed by atoms with Gasteiger partial charge in [-0.15, -0.1) is 0 Å². The van der Waals surface area contributed by atoms with Gasteiger partial charge in [0.15, 0.2) is 0 Å². The standard InChI is InChI=1S/C18H26FNO/c1-13-11-15(19)9-8-14(13)12-20-10-3-2-6-17(20)16-5-4-7-18(16)21/h8-9,11,16-18,21H,2-7,10,12H2,1H3. The van der Waals surface area contributed by atoms with E-state index in [-0.39, 0.29) is 11.9 Å². The van der Waals surface area contributed by atoms with Crippen LogP contribution in [0.3, 0.4) is 0 Å². The van der Waals surface area contributed by atoms with E-state index in [1.165, 1.54) is 24.8 Å². The molecule has 1 aliphatic carbocycles. The van der Waals surface area contributed by atoms with E-state index < -0.39 is 0 Å². The van der Waals surface area contributed by atoms with E-state index in [1.54, 1.807) is 12.1 Å². The molecule has 3 rings (SSSR count). The van der Waals surface area contributed by atoms with Crippen LogP contribution < -0.4 is 0 Å². The number of likely N-dealkylation sites (tertiary alicyclic amines) is 1. The summed E-state index contributed by atoms with van der Waals surface area (Å²) in [6.07, 6.45) is 6.86. The number of aliphatic hydroxyl groups is 1. The molecule has 0 bridgehead atoms. The van der Waals surface area contributed by atoms with E-state index in [4.69, 9.17) is 0 Å². The van der Waals surface area contributed by atoms with Gasteiger partial charge in [-0.2, -0.15) is 0 Å². The van der Waals surface area contributed by atoms with Gasteiger partial charge in [0.2, 0.25) is 0 Å². The molecule has 2 fully saturated rings. The van der Waals surface area contributed by atoms with Gasteiger partial charge in [0, 0.05) is 18.5 Å². The second kappa shape index (κ2) is 6.45. The molecule has 21 heavy (non-hydrogen) atoms. The van der Waals surface area contributed by atoms with Crippen LogP contribution in [0.15, 0.2) is 18.2 Å². The van der Waals surface area contributed by atoms with Gasteiger partial charge in [0.25, 0.3) is 0 Å². The van der Waals surface area contributed by atoms with Crippen molar-refractivity contribution in [3.63, 3.8) is 0 Å². The van der Waals surface area contributed by atoms with Gasteiger partial charge in [-0.3, -0.25) is 4.90 Å². The fourth-order valence-corrected chi connectivity index (χ4v) is 4.17. The highest BCUT2D eigenvalue weighted by Crippen LogP contribution is 2.36. The SMILES string of the molecule is Cc1cc(F)ccc1CN1CCCCC1C1CCCC1O. The van der Waals surface area contributed by atoms with Crippen LogP contribution >= 0.6 is 0 Å². The molecule has 1 heterocycles. The Kier molecular flexibility index (Phi) is 4.60. The van der Waals surface area contributed by atoms with Crippen LogP contribution in [0.25, 0.3) is 0 Å². The monoisotopic (exact) mass is 291 g/mol. The average Bonchev–Trinajstić information content (AvgIpc) is 2.89. The van der Waals surface area contributed by atoms with Crippen molar-refractivity contribution in [2.24, 2.45) is 5.92 Å². The topological polar surface area (TPSA) is 23.5 Å². The number of halogens is 1. The van der Waals surface area contributed by atoms with Crippen molar-refractivity contribution >= 4 is 0 Å². The summed E-state index contributed by atoms with van der Waals surface area (Å²) in [6, 6.07) is 5.60. The minimum absolute atomic E-state index is 0.120. The smallest absolute Gasteiger partial charge is 0.123 e. The maximum Gasteiger partial charge on any atom is 0.123 e. The zero-order valence-corrected chi connectivity index (χ0v) is 12.9. The van der Waals surface area contributed by atoms with Crippen molar-refractivity contribution < 1.29 is 9.50 Å². The quantitative estimate of drug-likeness (QED) is 0.919. The first-order valence-corrected chi connectivity index (χ1v) is 8.32. The van der Waals surface area contributed by atoms with Gasteiger partial charge in [-0.25, -0.2) is 4.39 Å². The van der Waals surface area contributed by atoms with Crippen molar-refractivity contribution in [1.29, 1.82) is 0 Å². The summed E-state index contributed by atoms with van der Waals surface area (Å²) in [5, 5.41) is 10.2. The Hall–Kier alpha value is -0.930. The number of rotatable bonds is 3. The molecular weight excluding hydrogens is 265 g/mol. The van der Waals surface area contributed by atoms with Crippen molar-refractivity contribution in [3.05, 3.63) is 35.1 Å². The van der Waals surface area contributed by atoms with E-state index >= 15 is 0 Å². The van der Waals surface area contributed by atoms with Crippen LogP contribution in [0.2, 0.25) is 0 Å². The number of aliphatic hydroxyl groups excluding tert-OH is 1. The Balaban J connectivity index is 1.75. The third kappa shape index (κ3) is 3.29. The highest BCUT2D eigenvalue weighted by molar-refractivity contribution is 5.26. The zero-order chi connectivity index (χ0) is 14.8. The summed E-state index contributed by atoms with van der Waals surface area (Å²) in [5.41, 5.74) is 2.25. The molecule has 1 N–H and O–H groups in total. The third-order valence-corrected chi connectivity index (χ3v) is 5.37.